The van der Waals surface area contributed by atoms with Crippen molar-refractivity contribution < 1.29 is 13.2 Å². The molecule has 0 radical (unpaired) electrons. The molecule has 8 nitrogen and oxygen atoms in total. The van der Waals surface area contributed by atoms with Crippen LogP contribution in [0.25, 0.3) is 0 Å². The van der Waals surface area contributed by atoms with Gasteiger partial charge in [-0.3, -0.25) is 4.90 Å². The minimum absolute atomic E-state index is 0.136. The van der Waals surface area contributed by atoms with Crippen LogP contribution in [-0.4, -0.2) is 77.0 Å². The topological polar surface area (TPSA) is 80.6 Å². The Bertz CT molecular complexity index is 709. The fourth-order valence-electron chi connectivity index (χ4n) is 3.79. The van der Waals surface area contributed by atoms with E-state index in [4.69, 9.17) is 4.74 Å². The van der Waals surface area contributed by atoms with Crippen molar-refractivity contribution in [2.24, 2.45) is 7.05 Å². The van der Waals surface area contributed by atoms with Crippen molar-refractivity contribution in [3.63, 3.8) is 0 Å². The first-order valence-corrected chi connectivity index (χ1v) is 10.7. The highest BCUT2D eigenvalue weighted by atomic mass is 32.2. The molecule has 0 unspecified atom stereocenters. The van der Waals surface area contributed by atoms with Crippen LogP contribution in [0.15, 0.2) is 0 Å². The van der Waals surface area contributed by atoms with Crippen LogP contribution in [0.3, 0.4) is 0 Å². The predicted molar refractivity (Wildman–Crippen MR) is 92.6 cm³/mol. The van der Waals surface area contributed by atoms with Crippen LogP contribution < -0.4 is 0 Å². The van der Waals surface area contributed by atoms with Gasteiger partial charge in [0.2, 0.25) is 10.0 Å². The molecule has 1 atom stereocenters. The Kier molecular flexibility index (Phi) is 4.83. The van der Waals surface area contributed by atoms with Crippen LogP contribution >= 0.6 is 0 Å². The number of nitrogens with zero attached hydrogens (tertiary/aromatic N) is 5. The zero-order valence-corrected chi connectivity index (χ0v) is 15.6. The van der Waals surface area contributed by atoms with E-state index in [9.17, 15) is 8.42 Å². The lowest BCUT2D eigenvalue weighted by molar-refractivity contribution is 0.0326. The zero-order chi connectivity index (χ0) is 17.4. The number of rotatable bonds is 5. The van der Waals surface area contributed by atoms with Crippen molar-refractivity contribution in [1.29, 1.82) is 0 Å². The van der Waals surface area contributed by atoms with Gasteiger partial charge in [0.1, 0.15) is 11.6 Å². The van der Waals surface area contributed by atoms with E-state index in [0.717, 1.165) is 70.2 Å². The van der Waals surface area contributed by atoms with Crippen molar-refractivity contribution >= 4 is 10.0 Å². The summed E-state index contributed by atoms with van der Waals surface area (Å²) in [5.74, 6) is 2.00. The van der Waals surface area contributed by atoms with Crippen LogP contribution in [0.4, 0.5) is 0 Å². The van der Waals surface area contributed by atoms with Gasteiger partial charge >= 0.3 is 0 Å². The average molecular weight is 369 g/mol. The summed E-state index contributed by atoms with van der Waals surface area (Å²) in [5.41, 5.74) is 0. The van der Waals surface area contributed by atoms with Crippen LogP contribution in [-0.2, 0) is 28.4 Å². The van der Waals surface area contributed by atoms with Gasteiger partial charge < -0.3 is 9.30 Å². The minimum Gasteiger partial charge on any atom is -0.379 e. The number of hydrogen-bond acceptors (Lipinski definition) is 6. The maximum atomic E-state index is 12.5. The lowest BCUT2D eigenvalue weighted by atomic mass is 9.99. The number of morpholine rings is 1. The number of ether oxygens (including phenoxy) is 1. The monoisotopic (exact) mass is 369 g/mol. The van der Waals surface area contributed by atoms with E-state index in [1.165, 1.54) is 0 Å². The van der Waals surface area contributed by atoms with E-state index in [1.54, 1.807) is 4.31 Å². The lowest BCUT2D eigenvalue weighted by Crippen LogP contribution is -2.41. The van der Waals surface area contributed by atoms with Gasteiger partial charge in [-0.1, -0.05) is 0 Å². The van der Waals surface area contributed by atoms with Gasteiger partial charge in [-0.25, -0.2) is 12.7 Å². The van der Waals surface area contributed by atoms with Crippen molar-refractivity contribution in [3.05, 3.63) is 11.6 Å². The number of hydrogen-bond donors (Lipinski definition) is 0. The highest BCUT2D eigenvalue weighted by Crippen LogP contribution is 2.35. The first kappa shape index (κ1) is 17.4. The highest BCUT2D eigenvalue weighted by molar-refractivity contribution is 7.90. The summed E-state index contributed by atoms with van der Waals surface area (Å²) in [6, 6.07) is 0. The second-order valence-corrected chi connectivity index (χ2v) is 9.58. The van der Waals surface area contributed by atoms with E-state index in [-0.39, 0.29) is 11.2 Å². The van der Waals surface area contributed by atoms with Crippen molar-refractivity contribution in [2.75, 3.05) is 39.4 Å². The maximum Gasteiger partial charge on any atom is 0.217 e. The van der Waals surface area contributed by atoms with Crippen molar-refractivity contribution in [1.82, 2.24) is 24.0 Å². The molecule has 2 saturated heterocycles. The van der Waals surface area contributed by atoms with E-state index >= 15 is 0 Å². The molecule has 0 bridgehead atoms. The molecule has 3 fully saturated rings. The molecule has 1 aromatic heterocycles. The molecule has 3 heterocycles. The third kappa shape index (κ3) is 3.60. The van der Waals surface area contributed by atoms with Gasteiger partial charge in [-0.2, -0.15) is 0 Å². The summed E-state index contributed by atoms with van der Waals surface area (Å²) in [4.78, 5) is 2.32. The first-order chi connectivity index (χ1) is 12.1. The highest BCUT2D eigenvalue weighted by Gasteiger charge is 2.42. The summed E-state index contributed by atoms with van der Waals surface area (Å²) in [5, 5.41) is 8.66. The number of sulfonamides is 1. The summed E-state index contributed by atoms with van der Waals surface area (Å²) >= 11 is 0. The zero-order valence-electron chi connectivity index (χ0n) is 14.8. The quantitative estimate of drug-likeness (QED) is 0.744. The van der Waals surface area contributed by atoms with Gasteiger partial charge in [-0.05, 0) is 25.7 Å². The molecule has 0 aromatic carbocycles. The van der Waals surface area contributed by atoms with Gasteiger partial charge in [0, 0.05) is 39.1 Å². The van der Waals surface area contributed by atoms with Crippen LogP contribution in [0.1, 0.15) is 43.3 Å². The molecular weight excluding hydrogens is 342 g/mol. The fraction of sp³-hybridized carbons (Fsp3) is 0.875. The second kappa shape index (κ2) is 6.94. The Hall–Kier alpha value is -1.03. The van der Waals surface area contributed by atoms with Crippen molar-refractivity contribution in [2.45, 2.75) is 43.4 Å². The Balaban J connectivity index is 1.46. The third-order valence-corrected chi connectivity index (χ3v) is 7.89. The molecule has 140 valence electrons. The molecule has 9 heteroatoms. The average Bonchev–Trinajstić information content (AvgIpc) is 3.43. The Morgan fingerprint density at radius 2 is 1.88 bits per heavy atom. The van der Waals surface area contributed by atoms with Crippen LogP contribution in [0.5, 0.6) is 0 Å². The molecule has 0 spiro atoms. The molecule has 25 heavy (non-hydrogen) atoms. The van der Waals surface area contributed by atoms with Gasteiger partial charge in [0.05, 0.1) is 25.0 Å². The third-order valence-electron chi connectivity index (χ3n) is 5.52. The van der Waals surface area contributed by atoms with Gasteiger partial charge in [0.15, 0.2) is 0 Å². The normalized spacial score (nSPS) is 26.8. The molecule has 1 aliphatic carbocycles. The van der Waals surface area contributed by atoms with E-state index in [1.807, 2.05) is 7.05 Å². The molecule has 1 aromatic rings. The Morgan fingerprint density at radius 3 is 2.60 bits per heavy atom. The van der Waals surface area contributed by atoms with Crippen LogP contribution in [0.2, 0.25) is 0 Å². The molecular formula is C16H27N5O3S. The summed E-state index contributed by atoms with van der Waals surface area (Å²) in [6.45, 7) is 5.32. The number of piperidine rings is 1. The summed E-state index contributed by atoms with van der Waals surface area (Å²) < 4.78 is 34.2. The second-order valence-electron chi connectivity index (χ2n) is 7.36. The minimum atomic E-state index is -3.10. The standard InChI is InChI=1S/C16H27N5O3S/c1-19-15(12-20-7-9-24-10-8-20)17-18-16(19)13-3-2-6-21(11-13)25(22,23)14-4-5-14/h13-14H,2-12H2,1H3/t13-/m1/s1. The van der Waals surface area contributed by atoms with Gasteiger partial charge in [0.25, 0.3) is 0 Å². The fourth-order valence-corrected chi connectivity index (χ4v) is 5.71. The smallest absolute Gasteiger partial charge is 0.217 e. The Morgan fingerprint density at radius 1 is 1.12 bits per heavy atom. The van der Waals surface area contributed by atoms with E-state index in [2.05, 4.69) is 19.7 Å². The molecule has 3 aliphatic rings. The van der Waals surface area contributed by atoms with Gasteiger partial charge in [-0.15, -0.1) is 10.2 Å². The molecule has 1 saturated carbocycles. The van der Waals surface area contributed by atoms with Crippen molar-refractivity contribution in [3.8, 4) is 0 Å². The first-order valence-electron chi connectivity index (χ1n) is 9.23. The van der Waals surface area contributed by atoms with Crippen LogP contribution in [0, 0.1) is 0 Å². The molecule has 2 aliphatic heterocycles. The lowest BCUT2D eigenvalue weighted by Gasteiger charge is -2.31. The number of aromatic nitrogens is 3. The summed E-state index contributed by atoms with van der Waals surface area (Å²) in [7, 11) is -1.11. The van der Waals surface area contributed by atoms with E-state index < -0.39 is 10.0 Å². The SMILES string of the molecule is Cn1c(CN2CCOCC2)nnc1[C@@H]1CCCN(S(=O)(=O)C2CC2)C1. The maximum absolute atomic E-state index is 12.5. The van der Waals surface area contributed by atoms with E-state index in [0.29, 0.717) is 13.1 Å². The molecule has 0 amide bonds. The Labute approximate surface area is 149 Å². The molecule has 0 N–H and O–H groups in total. The molecule has 4 rings (SSSR count). The summed E-state index contributed by atoms with van der Waals surface area (Å²) in [6.07, 6.45) is 3.50. The largest absolute Gasteiger partial charge is 0.379 e. The predicted octanol–water partition coefficient (Wildman–Crippen LogP) is 0.319.